The van der Waals surface area contributed by atoms with Crippen molar-refractivity contribution in [3.05, 3.63) is 57.8 Å². The molecule has 0 radical (unpaired) electrons. The lowest BCUT2D eigenvalue weighted by atomic mass is 9.93. The molecular weight excluding hydrogens is 258 g/mol. The summed E-state index contributed by atoms with van der Waals surface area (Å²) in [5.41, 5.74) is 1.93. The first kappa shape index (κ1) is 12.4. The van der Waals surface area contributed by atoms with E-state index >= 15 is 0 Å². The predicted molar refractivity (Wildman–Crippen MR) is 72.9 cm³/mol. The van der Waals surface area contributed by atoms with Crippen molar-refractivity contribution < 1.29 is 9.47 Å². The van der Waals surface area contributed by atoms with Crippen molar-refractivity contribution >= 4 is 11.3 Å². The van der Waals surface area contributed by atoms with Crippen LogP contribution in [-0.4, -0.2) is 13.2 Å². The molecule has 1 fully saturated rings. The van der Waals surface area contributed by atoms with Gasteiger partial charge in [0.2, 0.25) is 0 Å². The molecule has 1 aromatic heterocycles. The molecule has 1 saturated heterocycles. The van der Waals surface area contributed by atoms with Gasteiger partial charge in [0.25, 0.3) is 0 Å². The van der Waals surface area contributed by atoms with Crippen molar-refractivity contribution in [2.24, 2.45) is 0 Å². The molecule has 3 rings (SSSR count). The minimum atomic E-state index is -0.341. The third-order valence-electron chi connectivity index (χ3n) is 3.14. The first-order chi connectivity index (χ1) is 9.40. The molecule has 2 heterocycles. The van der Waals surface area contributed by atoms with E-state index in [1.54, 1.807) is 11.3 Å². The number of benzene rings is 1. The first-order valence-corrected chi connectivity index (χ1v) is 7.03. The maximum absolute atomic E-state index is 9.49. The first-order valence-electron chi connectivity index (χ1n) is 6.15. The summed E-state index contributed by atoms with van der Waals surface area (Å²) in [6, 6.07) is 14.2. The molecule has 0 N–H and O–H groups in total. The highest BCUT2D eigenvalue weighted by atomic mass is 32.1. The summed E-state index contributed by atoms with van der Waals surface area (Å²) in [7, 11) is 0. The van der Waals surface area contributed by atoms with Crippen LogP contribution in [0.5, 0.6) is 0 Å². The fraction of sp³-hybridized carbons (Fsp3) is 0.267. The Hall–Kier alpha value is -1.67. The number of nitriles is 1. The van der Waals surface area contributed by atoms with E-state index in [1.165, 1.54) is 0 Å². The van der Waals surface area contributed by atoms with Crippen molar-refractivity contribution in [2.45, 2.75) is 12.2 Å². The monoisotopic (exact) mass is 271 g/mol. The summed E-state index contributed by atoms with van der Waals surface area (Å²) in [4.78, 5) is 1.05. The van der Waals surface area contributed by atoms with Gasteiger partial charge in [-0.15, -0.1) is 11.3 Å². The SMILES string of the molecule is N#CC(c1cccs1)c1ccccc1C1OCCO1. The fourth-order valence-electron chi connectivity index (χ4n) is 2.27. The number of hydrogen-bond donors (Lipinski definition) is 0. The Labute approximate surface area is 116 Å². The van der Waals surface area contributed by atoms with Gasteiger partial charge >= 0.3 is 0 Å². The summed E-state index contributed by atoms with van der Waals surface area (Å²) >= 11 is 1.60. The second kappa shape index (κ2) is 5.54. The maximum atomic E-state index is 9.49. The fourth-order valence-corrected chi connectivity index (χ4v) is 3.06. The summed E-state index contributed by atoms with van der Waals surface area (Å²) in [6.45, 7) is 1.21. The summed E-state index contributed by atoms with van der Waals surface area (Å²) in [5, 5.41) is 11.5. The Morgan fingerprint density at radius 1 is 1.16 bits per heavy atom. The van der Waals surface area contributed by atoms with Gasteiger partial charge < -0.3 is 9.47 Å². The Balaban J connectivity index is 2.02. The van der Waals surface area contributed by atoms with E-state index in [0.717, 1.165) is 16.0 Å². The summed E-state index contributed by atoms with van der Waals surface area (Å²) in [5.74, 6) is -0.260. The van der Waals surface area contributed by atoms with Gasteiger partial charge in [-0.25, -0.2) is 0 Å². The summed E-state index contributed by atoms with van der Waals surface area (Å²) in [6.07, 6.45) is -0.341. The molecule has 0 amide bonds. The van der Waals surface area contributed by atoms with Crippen LogP contribution in [0, 0.1) is 11.3 Å². The van der Waals surface area contributed by atoms with Crippen LogP contribution >= 0.6 is 11.3 Å². The van der Waals surface area contributed by atoms with Crippen molar-refractivity contribution in [3.63, 3.8) is 0 Å². The third kappa shape index (κ3) is 2.41. The van der Waals surface area contributed by atoms with Gasteiger partial charge in [-0.3, -0.25) is 0 Å². The molecule has 0 bridgehead atoms. The zero-order valence-corrected chi connectivity index (χ0v) is 11.1. The van der Waals surface area contributed by atoms with Gasteiger partial charge in [-0.1, -0.05) is 30.3 Å². The van der Waals surface area contributed by atoms with Crippen LogP contribution in [0.4, 0.5) is 0 Å². The van der Waals surface area contributed by atoms with Crippen LogP contribution < -0.4 is 0 Å². The Morgan fingerprint density at radius 3 is 2.63 bits per heavy atom. The number of rotatable bonds is 3. The number of hydrogen-bond acceptors (Lipinski definition) is 4. The van der Waals surface area contributed by atoms with Crippen molar-refractivity contribution in [1.82, 2.24) is 0 Å². The lowest BCUT2D eigenvalue weighted by Gasteiger charge is -2.17. The van der Waals surface area contributed by atoms with Gasteiger partial charge in [0.15, 0.2) is 6.29 Å². The van der Waals surface area contributed by atoms with Gasteiger partial charge in [-0.2, -0.15) is 5.26 Å². The number of nitrogens with zero attached hydrogens (tertiary/aromatic N) is 1. The van der Waals surface area contributed by atoms with Crippen LogP contribution in [0.15, 0.2) is 41.8 Å². The van der Waals surface area contributed by atoms with E-state index in [2.05, 4.69) is 6.07 Å². The molecule has 19 heavy (non-hydrogen) atoms. The van der Waals surface area contributed by atoms with E-state index in [9.17, 15) is 5.26 Å². The molecule has 0 aliphatic carbocycles. The van der Waals surface area contributed by atoms with E-state index in [0.29, 0.717) is 13.2 Å². The highest BCUT2D eigenvalue weighted by molar-refractivity contribution is 7.10. The van der Waals surface area contributed by atoms with Crippen molar-refractivity contribution in [1.29, 1.82) is 5.26 Å². The zero-order chi connectivity index (χ0) is 13.1. The van der Waals surface area contributed by atoms with Crippen LogP contribution in [0.1, 0.15) is 28.2 Å². The van der Waals surface area contributed by atoms with Crippen LogP contribution in [0.3, 0.4) is 0 Å². The molecule has 0 saturated carbocycles. The molecule has 0 spiro atoms. The number of ether oxygens (including phenoxy) is 2. The van der Waals surface area contributed by atoms with Gasteiger partial charge in [0, 0.05) is 10.4 Å². The normalized spacial score (nSPS) is 17.2. The topological polar surface area (TPSA) is 42.2 Å². The molecule has 1 aromatic carbocycles. The van der Waals surface area contributed by atoms with Crippen molar-refractivity contribution in [3.8, 4) is 6.07 Å². The van der Waals surface area contributed by atoms with Crippen LogP contribution in [0.25, 0.3) is 0 Å². The Morgan fingerprint density at radius 2 is 1.95 bits per heavy atom. The minimum absolute atomic E-state index is 0.260. The largest absolute Gasteiger partial charge is 0.346 e. The molecule has 1 aliphatic heterocycles. The lowest BCUT2D eigenvalue weighted by molar-refractivity contribution is -0.0447. The van der Waals surface area contributed by atoms with Gasteiger partial charge in [0.05, 0.1) is 19.3 Å². The molecule has 3 nitrogen and oxygen atoms in total. The van der Waals surface area contributed by atoms with Gasteiger partial charge in [-0.05, 0) is 17.0 Å². The second-order valence-corrected chi connectivity index (χ2v) is 5.26. The second-order valence-electron chi connectivity index (χ2n) is 4.28. The molecule has 2 aromatic rings. The van der Waals surface area contributed by atoms with Gasteiger partial charge in [0.1, 0.15) is 5.92 Å². The van der Waals surface area contributed by atoms with Crippen molar-refractivity contribution in [2.75, 3.05) is 13.2 Å². The highest BCUT2D eigenvalue weighted by Crippen LogP contribution is 2.35. The van der Waals surface area contributed by atoms with Crippen LogP contribution in [-0.2, 0) is 9.47 Å². The predicted octanol–water partition coefficient (Wildman–Crippen LogP) is 3.45. The smallest absolute Gasteiger partial charge is 0.184 e. The lowest BCUT2D eigenvalue weighted by Crippen LogP contribution is -2.06. The molecule has 96 valence electrons. The molecule has 1 unspecified atom stereocenters. The van der Waals surface area contributed by atoms with E-state index in [4.69, 9.17) is 9.47 Å². The molecule has 4 heteroatoms. The molecule has 1 aliphatic rings. The van der Waals surface area contributed by atoms with E-state index < -0.39 is 0 Å². The molecular formula is C15H13NO2S. The average molecular weight is 271 g/mol. The van der Waals surface area contributed by atoms with E-state index in [-0.39, 0.29) is 12.2 Å². The maximum Gasteiger partial charge on any atom is 0.184 e. The number of thiophene rings is 1. The zero-order valence-electron chi connectivity index (χ0n) is 10.3. The Bertz CT molecular complexity index is 582. The van der Waals surface area contributed by atoms with Crippen LogP contribution in [0.2, 0.25) is 0 Å². The Kier molecular flexibility index (Phi) is 3.60. The standard InChI is InChI=1S/C15H13NO2S/c16-10-13(14-6-3-9-19-14)11-4-1-2-5-12(11)15-17-7-8-18-15/h1-6,9,13,15H,7-8H2. The minimum Gasteiger partial charge on any atom is -0.346 e. The third-order valence-corrected chi connectivity index (χ3v) is 4.08. The van der Waals surface area contributed by atoms with E-state index in [1.807, 2.05) is 41.8 Å². The quantitative estimate of drug-likeness (QED) is 0.858. The summed E-state index contributed by atoms with van der Waals surface area (Å²) < 4.78 is 11.1. The molecule has 1 atom stereocenters. The average Bonchev–Trinajstić information content (AvgIpc) is 3.14. The highest BCUT2D eigenvalue weighted by Gasteiger charge is 2.25.